The van der Waals surface area contributed by atoms with Crippen LogP contribution >= 0.6 is 0 Å². The third-order valence-electron chi connectivity index (χ3n) is 3.08. The Kier molecular flexibility index (Phi) is 6.87. The van der Waals surface area contributed by atoms with Crippen molar-refractivity contribution in [3.05, 3.63) is 0 Å². The third kappa shape index (κ3) is 6.17. The van der Waals surface area contributed by atoms with Crippen LogP contribution in [0, 0.1) is 5.92 Å². The largest absolute Gasteiger partial charge is 0.481 e. The van der Waals surface area contributed by atoms with Crippen molar-refractivity contribution in [1.29, 1.82) is 0 Å². The first kappa shape index (κ1) is 17.4. The summed E-state index contributed by atoms with van der Waals surface area (Å²) in [5.41, 5.74) is 0. The lowest BCUT2D eigenvalue weighted by Gasteiger charge is -2.31. The van der Waals surface area contributed by atoms with Gasteiger partial charge in [-0.2, -0.15) is 12.7 Å². The van der Waals surface area contributed by atoms with Crippen LogP contribution in [-0.4, -0.2) is 56.1 Å². The van der Waals surface area contributed by atoms with Gasteiger partial charge in [0.15, 0.2) is 0 Å². The minimum absolute atomic E-state index is 0.0194. The molecule has 1 saturated heterocycles. The van der Waals surface area contributed by atoms with Gasteiger partial charge in [0.25, 0.3) is 10.2 Å². The van der Waals surface area contributed by atoms with Gasteiger partial charge in [0.2, 0.25) is 0 Å². The van der Waals surface area contributed by atoms with E-state index >= 15 is 0 Å². The summed E-state index contributed by atoms with van der Waals surface area (Å²) in [5.74, 6) is -0.621. The fourth-order valence-electron chi connectivity index (χ4n) is 1.92. The highest BCUT2D eigenvalue weighted by Gasteiger charge is 2.28. The van der Waals surface area contributed by atoms with Crippen molar-refractivity contribution in [2.45, 2.75) is 39.2 Å². The Balaban J connectivity index is 2.32. The molecule has 8 heteroatoms. The smallest absolute Gasteiger partial charge is 0.305 e. The van der Waals surface area contributed by atoms with E-state index in [0.717, 1.165) is 0 Å². The molecule has 7 nitrogen and oxygen atoms in total. The number of rotatable bonds is 8. The highest BCUT2D eigenvalue weighted by Crippen LogP contribution is 2.16. The fraction of sp³-hybridized carbons (Fsp3) is 0.917. The normalized spacial score (nSPS) is 18.6. The Bertz CT molecular complexity index is 402. The van der Waals surface area contributed by atoms with E-state index in [1.807, 2.05) is 13.8 Å². The first-order valence-electron chi connectivity index (χ1n) is 6.89. The van der Waals surface area contributed by atoms with E-state index in [4.69, 9.17) is 9.84 Å². The zero-order valence-corrected chi connectivity index (χ0v) is 12.9. The van der Waals surface area contributed by atoms with Crippen molar-refractivity contribution >= 4 is 16.2 Å². The molecule has 0 radical (unpaired) electrons. The van der Waals surface area contributed by atoms with E-state index in [-0.39, 0.29) is 25.0 Å². The maximum atomic E-state index is 12.0. The van der Waals surface area contributed by atoms with Crippen molar-refractivity contribution in [2.75, 3.05) is 26.2 Å². The Morgan fingerprint density at radius 2 is 2.00 bits per heavy atom. The van der Waals surface area contributed by atoms with Gasteiger partial charge in [0.05, 0.1) is 19.1 Å². The Morgan fingerprint density at radius 1 is 1.40 bits per heavy atom. The molecule has 20 heavy (non-hydrogen) atoms. The van der Waals surface area contributed by atoms with Crippen LogP contribution in [0.4, 0.5) is 0 Å². The number of ether oxygens (including phenoxy) is 1. The SMILES string of the molecule is CC(C)CNS(=O)(=O)N1CCC(OCCC(=O)O)CC1. The minimum atomic E-state index is -3.40. The number of carbonyl (C=O) groups is 1. The first-order chi connectivity index (χ1) is 9.31. The van der Waals surface area contributed by atoms with E-state index in [0.29, 0.717) is 32.5 Å². The summed E-state index contributed by atoms with van der Waals surface area (Å²) in [4.78, 5) is 10.4. The standard InChI is InChI=1S/C12H24N2O5S/c1-10(2)9-13-20(17,18)14-6-3-11(4-7-14)19-8-5-12(15)16/h10-11,13H,3-9H2,1-2H3,(H,15,16). The molecule has 1 aliphatic rings. The number of nitrogens with zero attached hydrogens (tertiary/aromatic N) is 1. The van der Waals surface area contributed by atoms with Crippen molar-refractivity contribution in [1.82, 2.24) is 9.03 Å². The second-order valence-electron chi connectivity index (χ2n) is 5.36. The average Bonchev–Trinajstić information content (AvgIpc) is 2.37. The van der Waals surface area contributed by atoms with Gasteiger partial charge in [-0.05, 0) is 18.8 Å². The molecule has 0 aromatic rings. The zero-order valence-electron chi connectivity index (χ0n) is 12.0. The molecule has 0 bridgehead atoms. The van der Waals surface area contributed by atoms with Crippen molar-refractivity contribution < 1.29 is 23.1 Å². The second-order valence-corrected chi connectivity index (χ2v) is 7.12. The van der Waals surface area contributed by atoms with Crippen LogP contribution in [0.2, 0.25) is 0 Å². The minimum Gasteiger partial charge on any atom is -0.481 e. The highest BCUT2D eigenvalue weighted by atomic mass is 32.2. The molecule has 0 amide bonds. The van der Waals surface area contributed by atoms with E-state index in [2.05, 4.69) is 4.72 Å². The van der Waals surface area contributed by atoms with Crippen LogP contribution in [0.3, 0.4) is 0 Å². The van der Waals surface area contributed by atoms with Crippen LogP contribution in [0.25, 0.3) is 0 Å². The number of hydrogen-bond donors (Lipinski definition) is 2. The number of aliphatic carboxylic acids is 1. The van der Waals surface area contributed by atoms with Gasteiger partial charge in [-0.15, -0.1) is 0 Å². The predicted octanol–water partition coefficient (Wildman–Crippen LogP) is 0.433. The molecule has 2 N–H and O–H groups in total. The summed E-state index contributed by atoms with van der Waals surface area (Å²) in [5, 5.41) is 8.52. The second kappa shape index (κ2) is 7.92. The summed E-state index contributed by atoms with van der Waals surface area (Å²) < 4.78 is 33.4. The predicted molar refractivity (Wildman–Crippen MR) is 74.6 cm³/mol. The Labute approximate surface area is 120 Å². The van der Waals surface area contributed by atoms with Crippen molar-refractivity contribution in [3.8, 4) is 0 Å². The number of nitrogens with one attached hydrogen (secondary N) is 1. The molecule has 0 aliphatic carbocycles. The fourth-order valence-corrected chi connectivity index (χ4v) is 3.33. The van der Waals surface area contributed by atoms with Crippen LogP contribution in [-0.2, 0) is 19.7 Å². The summed E-state index contributed by atoms with van der Waals surface area (Å²) in [7, 11) is -3.40. The molecule has 1 fully saturated rings. The van der Waals surface area contributed by atoms with Crippen LogP contribution in [0.15, 0.2) is 0 Å². The molecular formula is C12H24N2O5S. The average molecular weight is 308 g/mol. The van der Waals surface area contributed by atoms with Gasteiger partial charge >= 0.3 is 5.97 Å². The van der Waals surface area contributed by atoms with Crippen LogP contribution < -0.4 is 4.72 Å². The first-order valence-corrected chi connectivity index (χ1v) is 8.33. The molecule has 118 valence electrons. The number of carboxylic acid groups (broad SMARTS) is 1. The van der Waals surface area contributed by atoms with E-state index in [1.54, 1.807) is 0 Å². The molecule has 0 unspecified atom stereocenters. The van der Waals surface area contributed by atoms with Gasteiger partial charge in [0.1, 0.15) is 0 Å². The molecule has 1 heterocycles. The Morgan fingerprint density at radius 3 is 2.50 bits per heavy atom. The monoisotopic (exact) mass is 308 g/mol. The van der Waals surface area contributed by atoms with Crippen LogP contribution in [0.5, 0.6) is 0 Å². The Hall–Kier alpha value is -0.700. The lowest BCUT2D eigenvalue weighted by Crippen LogP contribution is -2.47. The molecule has 0 atom stereocenters. The van der Waals surface area contributed by atoms with Crippen molar-refractivity contribution in [3.63, 3.8) is 0 Å². The van der Waals surface area contributed by atoms with E-state index in [1.165, 1.54) is 4.31 Å². The van der Waals surface area contributed by atoms with E-state index in [9.17, 15) is 13.2 Å². The van der Waals surface area contributed by atoms with Gasteiger partial charge in [-0.25, -0.2) is 4.72 Å². The quantitative estimate of drug-likeness (QED) is 0.678. The third-order valence-corrected chi connectivity index (χ3v) is 4.66. The van der Waals surface area contributed by atoms with Gasteiger partial charge in [-0.3, -0.25) is 4.79 Å². The molecule has 1 rings (SSSR count). The highest BCUT2D eigenvalue weighted by molar-refractivity contribution is 7.87. The topological polar surface area (TPSA) is 95.9 Å². The number of piperidine rings is 1. The zero-order chi connectivity index (χ0) is 15.2. The van der Waals surface area contributed by atoms with E-state index < -0.39 is 16.2 Å². The number of hydrogen-bond acceptors (Lipinski definition) is 4. The van der Waals surface area contributed by atoms with Gasteiger partial charge in [-0.1, -0.05) is 13.8 Å². The van der Waals surface area contributed by atoms with Crippen LogP contribution in [0.1, 0.15) is 33.1 Å². The summed E-state index contributed by atoms with van der Waals surface area (Å²) in [6.45, 7) is 5.32. The van der Waals surface area contributed by atoms with Gasteiger partial charge in [0, 0.05) is 19.6 Å². The maximum Gasteiger partial charge on any atom is 0.305 e. The van der Waals surface area contributed by atoms with Crippen molar-refractivity contribution in [2.24, 2.45) is 5.92 Å². The molecule has 0 aromatic heterocycles. The lowest BCUT2D eigenvalue weighted by atomic mass is 10.1. The molecule has 0 aromatic carbocycles. The molecule has 0 saturated carbocycles. The summed E-state index contributed by atoms with van der Waals surface area (Å²) >= 11 is 0. The molecule has 1 aliphatic heterocycles. The number of carboxylic acids is 1. The lowest BCUT2D eigenvalue weighted by molar-refractivity contribution is -0.138. The van der Waals surface area contributed by atoms with Gasteiger partial charge < -0.3 is 9.84 Å². The summed E-state index contributed by atoms with van der Waals surface area (Å²) in [6, 6.07) is 0. The summed E-state index contributed by atoms with van der Waals surface area (Å²) in [6.07, 6.45) is 1.13. The molecular weight excluding hydrogens is 284 g/mol. The maximum absolute atomic E-state index is 12.0. The molecule has 0 spiro atoms.